The highest BCUT2D eigenvalue weighted by Crippen LogP contribution is 2.24. The topological polar surface area (TPSA) is 90.0 Å². The molecule has 0 atom stereocenters. The van der Waals surface area contributed by atoms with Gasteiger partial charge in [0.25, 0.3) is 10.0 Å². The Balaban J connectivity index is 1.71. The van der Waals surface area contributed by atoms with E-state index in [-0.39, 0.29) is 23.1 Å². The fraction of sp³-hybridized carbons (Fsp3) is 0.240. The number of hydrogen-bond donors (Lipinski definition) is 2. The Bertz CT molecular complexity index is 1180. The number of aromatic hydroxyl groups is 1. The molecule has 0 heterocycles. The van der Waals surface area contributed by atoms with E-state index in [9.17, 15) is 18.3 Å². The molecule has 2 N–H and O–H groups in total. The van der Waals surface area contributed by atoms with Crippen molar-refractivity contribution in [3.8, 4) is 5.75 Å². The van der Waals surface area contributed by atoms with Crippen LogP contribution in [0.25, 0.3) is 0 Å². The van der Waals surface area contributed by atoms with E-state index in [4.69, 9.17) is 0 Å². The van der Waals surface area contributed by atoms with Crippen molar-refractivity contribution in [3.05, 3.63) is 84.4 Å². The summed E-state index contributed by atoms with van der Waals surface area (Å²) < 4.78 is 27.3. The van der Waals surface area contributed by atoms with Crippen molar-refractivity contribution >= 4 is 27.3 Å². The van der Waals surface area contributed by atoms with E-state index < -0.39 is 10.0 Å². The fourth-order valence-electron chi connectivity index (χ4n) is 3.49. The Hall–Kier alpha value is -3.36. The van der Waals surface area contributed by atoms with Crippen LogP contribution >= 0.6 is 0 Å². The summed E-state index contributed by atoms with van der Waals surface area (Å²) in [6, 6.07) is 22.1. The quantitative estimate of drug-likeness (QED) is 0.469. The van der Waals surface area contributed by atoms with Crippen molar-refractivity contribution in [1.29, 1.82) is 0 Å². The number of phenols is 1. The van der Waals surface area contributed by atoms with Crippen molar-refractivity contribution in [1.82, 2.24) is 4.90 Å². The lowest BCUT2D eigenvalue weighted by atomic mass is 10.2. The summed E-state index contributed by atoms with van der Waals surface area (Å²) in [5.41, 5.74) is 1.70. The van der Waals surface area contributed by atoms with Gasteiger partial charge in [0.2, 0.25) is 5.91 Å². The van der Waals surface area contributed by atoms with Gasteiger partial charge in [0.1, 0.15) is 5.75 Å². The van der Waals surface area contributed by atoms with Crippen LogP contribution in [0, 0.1) is 0 Å². The summed E-state index contributed by atoms with van der Waals surface area (Å²) >= 11 is 0. The Labute approximate surface area is 195 Å². The van der Waals surface area contributed by atoms with E-state index in [0.29, 0.717) is 24.5 Å². The Kier molecular flexibility index (Phi) is 8.08. The van der Waals surface area contributed by atoms with Crippen LogP contribution in [0.1, 0.15) is 18.9 Å². The average molecular weight is 468 g/mol. The monoisotopic (exact) mass is 467 g/mol. The van der Waals surface area contributed by atoms with Crippen LogP contribution in [-0.2, 0) is 21.4 Å². The van der Waals surface area contributed by atoms with Gasteiger partial charge < -0.3 is 10.4 Å². The second-order valence-corrected chi connectivity index (χ2v) is 9.69. The highest BCUT2D eigenvalue weighted by Gasteiger charge is 2.22. The molecule has 33 heavy (non-hydrogen) atoms. The molecule has 3 aromatic rings. The number of anilines is 2. The second kappa shape index (κ2) is 11.0. The summed E-state index contributed by atoms with van der Waals surface area (Å²) in [6.07, 6.45) is 0.848. The number of nitrogens with zero attached hydrogens (tertiary/aromatic N) is 2. The van der Waals surface area contributed by atoms with Crippen LogP contribution in [0.5, 0.6) is 5.75 Å². The maximum atomic E-state index is 13.0. The molecule has 174 valence electrons. The smallest absolute Gasteiger partial charge is 0.264 e. The summed E-state index contributed by atoms with van der Waals surface area (Å²) in [4.78, 5) is 14.7. The molecule has 0 saturated heterocycles. The van der Waals surface area contributed by atoms with Gasteiger partial charge >= 0.3 is 0 Å². The zero-order valence-corrected chi connectivity index (χ0v) is 19.6. The van der Waals surface area contributed by atoms with E-state index >= 15 is 0 Å². The highest BCUT2D eigenvalue weighted by atomic mass is 32.2. The molecule has 3 aromatic carbocycles. The number of para-hydroxylation sites is 2. The van der Waals surface area contributed by atoms with Gasteiger partial charge in [-0.15, -0.1) is 0 Å². The number of amides is 1. The third-order valence-electron chi connectivity index (χ3n) is 5.19. The molecule has 0 aliphatic rings. The molecule has 1 amide bonds. The third kappa shape index (κ3) is 6.34. The van der Waals surface area contributed by atoms with E-state index in [2.05, 4.69) is 5.32 Å². The van der Waals surface area contributed by atoms with E-state index in [1.807, 2.05) is 30.0 Å². The Morgan fingerprint density at radius 1 is 0.970 bits per heavy atom. The zero-order valence-electron chi connectivity index (χ0n) is 18.8. The summed E-state index contributed by atoms with van der Waals surface area (Å²) in [6.45, 7) is 3.25. The molecule has 0 radical (unpaired) electrons. The molecule has 0 fully saturated rings. The number of rotatable bonds is 10. The largest absolute Gasteiger partial charge is 0.508 e. The van der Waals surface area contributed by atoms with E-state index in [1.54, 1.807) is 48.5 Å². The van der Waals surface area contributed by atoms with Gasteiger partial charge in [-0.05, 0) is 49.4 Å². The fourth-order valence-corrected chi connectivity index (χ4v) is 4.73. The lowest BCUT2D eigenvalue weighted by Crippen LogP contribution is -2.33. The van der Waals surface area contributed by atoms with Gasteiger partial charge in [-0.3, -0.25) is 14.0 Å². The molecular formula is C25H29N3O4S. The normalized spacial score (nSPS) is 11.4. The van der Waals surface area contributed by atoms with Crippen LogP contribution in [0.2, 0.25) is 0 Å². The summed E-state index contributed by atoms with van der Waals surface area (Å²) in [5, 5.41) is 12.8. The molecule has 3 rings (SSSR count). The van der Waals surface area contributed by atoms with Crippen molar-refractivity contribution < 1.29 is 18.3 Å². The van der Waals surface area contributed by atoms with Gasteiger partial charge in [-0.1, -0.05) is 49.4 Å². The molecule has 8 heteroatoms. The maximum absolute atomic E-state index is 13.0. The third-order valence-corrected chi connectivity index (χ3v) is 6.97. The predicted octanol–water partition coefficient (Wildman–Crippen LogP) is 4.07. The first kappa shape index (κ1) is 24.3. The van der Waals surface area contributed by atoms with Crippen LogP contribution in [-0.4, -0.2) is 44.5 Å². The minimum atomic E-state index is -3.78. The standard InChI is InChI=1S/C25H29N3O4S/c1-3-16-28(18-20-10-7-8-15-24(20)29)19-25(30)26-21-11-9-14-23(17-21)33(31,32)27(2)22-12-5-4-6-13-22/h4-15,17,29H,3,16,18-19H2,1-2H3,(H,26,30). The van der Waals surface area contributed by atoms with E-state index in [0.717, 1.165) is 12.0 Å². The maximum Gasteiger partial charge on any atom is 0.264 e. The first-order valence-electron chi connectivity index (χ1n) is 10.7. The number of benzene rings is 3. The SMILES string of the molecule is CCCN(CC(=O)Nc1cccc(S(=O)(=O)N(C)c2ccccc2)c1)Cc1ccccc1O. The molecule has 0 saturated carbocycles. The molecule has 0 bridgehead atoms. The Morgan fingerprint density at radius 3 is 2.36 bits per heavy atom. The van der Waals surface area contributed by atoms with Crippen molar-refractivity contribution in [2.45, 2.75) is 24.8 Å². The second-order valence-electron chi connectivity index (χ2n) is 7.72. The molecule has 0 aromatic heterocycles. The number of sulfonamides is 1. The van der Waals surface area contributed by atoms with E-state index in [1.165, 1.54) is 23.5 Å². The van der Waals surface area contributed by atoms with Crippen molar-refractivity contribution in [2.75, 3.05) is 29.8 Å². The number of nitrogens with one attached hydrogen (secondary N) is 1. The predicted molar refractivity (Wildman–Crippen MR) is 131 cm³/mol. The minimum Gasteiger partial charge on any atom is -0.508 e. The van der Waals surface area contributed by atoms with Crippen molar-refractivity contribution in [2.24, 2.45) is 0 Å². The molecule has 0 unspecified atom stereocenters. The molecule has 0 aliphatic carbocycles. The summed E-state index contributed by atoms with van der Waals surface area (Å²) in [5.74, 6) is -0.0655. The number of carbonyl (C=O) groups is 1. The van der Waals surface area contributed by atoms with Crippen molar-refractivity contribution in [3.63, 3.8) is 0 Å². The number of carbonyl (C=O) groups excluding carboxylic acids is 1. The average Bonchev–Trinajstić information content (AvgIpc) is 2.81. The van der Waals surface area contributed by atoms with Gasteiger partial charge in [0, 0.05) is 24.8 Å². The molecule has 7 nitrogen and oxygen atoms in total. The molecule has 0 spiro atoms. The number of phenolic OH excluding ortho intramolecular Hbond substituents is 1. The minimum absolute atomic E-state index is 0.0891. The van der Waals surface area contributed by atoms with Gasteiger partial charge in [-0.2, -0.15) is 0 Å². The molecular weight excluding hydrogens is 438 g/mol. The Morgan fingerprint density at radius 2 is 1.67 bits per heavy atom. The number of hydrogen-bond acceptors (Lipinski definition) is 5. The first-order valence-corrected chi connectivity index (χ1v) is 12.2. The van der Waals surface area contributed by atoms with Crippen LogP contribution in [0.3, 0.4) is 0 Å². The summed E-state index contributed by atoms with van der Waals surface area (Å²) in [7, 11) is -2.29. The van der Waals surface area contributed by atoms with Gasteiger partial charge in [-0.25, -0.2) is 8.42 Å². The van der Waals surface area contributed by atoms with Gasteiger partial charge in [0.05, 0.1) is 17.1 Å². The zero-order chi connectivity index (χ0) is 23.8. The first-order chi connectivity index (χ1) is 15.8. The van der Waals surface area contributed by atoms with Crippen LogP contribution in [0.15, 0.2) is 83.8 Å². The van der Waals surface area contributed by atoms with Gasteiger partial charge in [0.15, 0.2) is 0 Å². The molecule has 0 aliphatic heterocycles. The van der Waals surface area contributed by atoms with Crippen LogP contribution < -0.4 is 9.62 Å². The lowest BCUT2D eigenvalue weighted by Gasteiger charge is -2.22. The van der Waals surface area contributed by atoms with Crippen LogP contribution in [0.4, 0.5) is 11.4 Å². The lowest BCUT2D eigenvalue weighted by molar-refractivity contribution is -0.117. The highest BCUT2D eigenvalue weighted by molar-refractivity contribution is 7.92.